The van der Waals surface area contributed by atoms with Gasteiger partial charge in [0.25, 0.3) is 0 Å². The Balaban J connectivity index is 2.10. The van der Waals surface area contributed by atoms with Crippen molar-refractivity contribution in [2.24, 2.45) is 0 Å². The quantitative estimate of drug-likeness (QED) is 0.808. The molecule has 0 amide bonds. The van der Waals surface area contributed by atoms with Gasteiger partial charge in [0.15, 0.2) is 0 Å². The van der Waals surface area contributed by atoms with Gasteiger partial charge in [0.05, 0.1) is 12.6 Å². The molecule has 0 bridgehead atoms. The van der Waals surface area contributed by atoms with Crippen LogP contribution in [0.3, 0.4) is 0 Å². The Labute approximate surface area is 108 Å². The Kier molecular flexibility index (Phi) is 3.08. The minimum absolute atomic E-state index is 0.448. The van der Waals surface area contributed by atoms with Crippen molar-refractivity contribution in [3.63, 3.8) is 0 Å². The summed E-state index contributed by atoms with van der Waals surface area (Å²) in [5.74, 6) is 0.530. The van der Waals surface area contributed by atoms with Crippen molar-refractivity contribution in [1.29, 1.82) is 0 Å². The first-order valence-corrected chi connectivity index (χ1v) is 6.80. The van der Waals surface area contributed by atoms with Gasteiger partial charge in [-0.15, -0.1) is 0 Å². The van der Waals surface area contributed by atoms with E-state index in [-0.39, 0.29) is 0 Å². The van der Waals surface area contributed by atoms with Crippen molar-refractivity contribution in [2.45, 2.75) is 38.6 Å². The van der Waals surface area contributed by atoms with Gasteiger partial charge in [-0.25, -0.2) is 4.98 Å². The van der Waals surface area contributed by atoms with Crippen LogP contribution in [0.25, 0.3) is 11.0 Å². The van der Waals surface area contributed by atoms with Crippen LogP contribution >= 0.6 is 0 Å². The molecule has 3 heterocycles. The van der Waals surface area contributed by atoms with E-state index in [1.54, 1.807) is 0 Å². The molecular weight excluding hydrogens is 224 g/mol. The molecular formula is C15H20N2O. The molecule has 0 aliphatic carbocycles. The first-order chi connectivity index (χ1) is 8.77. The summed E-state index contributed by atoms with van der Waals surface area (Å²) in [5.41, 5.74) is 2.50. The van der Waals surface area contributed by atoms with E-state index in [1.807, 2.05) is 12.3 Å². The average molecular weight is 244 g/mol. The minimum Gasteiger partial charge on any atom is -0.379 e. The van der Waals surface area contributed by atoms with Gasteiger partial charge in [-0.3, -0.25) is 0 Å². The number of pyridine rings is 1. The molecule has 96 valence electrons. The maximum Gasteiger partial charge on any atom is 0.140 e. The maximum atomic E-state index is 5.61. The van der Waals surface area contributed by atoms with E-state index in [4.69, 9.17) is 4.74 Å². The van der Waals surface area contributed by atoms with Crippen LogP contribution in [0.2, 0.25) is 0 Å². The second-order valence-corrected chi connectivity index (χ2v) is 5.39. The number of aromatic nitrogens is 2. The Bertz CT molecular complexity index is 538. The summed E-state index contributed by atoms with van der Waals surface area (Å²) >= 11 is 0. The molecule has 3 rings (SSSR count). The third-order valence-electron chi connectivity index (χ3n) is 3.77. The molecule has 0 saturated carbocycles. The van der Waals surface area contributed by atoms with E-state index < -0.39 is 0 Å². The summed E-state index contributed by atoms with van der Waals surface area (Å²) in [5, 5.41) is 1.29. The molecule has 2 aromatic rings. The van der Waals surface area contributed by atoms with E-state index in [9.17, 15) is 0 Å². The Morgan fingerprint density at radius 2 is 2.33 bits per heavy atom. The Morgan fingerprint density at radius 1 is 1.44 bits per heavy atom. The second-order valence-electron chi connectivity index (χ2n) is 5.39. The topological polar surface area (TPSA) is 27.1 Å². The summed E-state index contributed by atoms with van der Waals surface area (Å²) in [7, 11) is 0. The molecule has 1 aliphatic heterocycles. The van der Waals surface area contributed by atoms with Crippen LogP contribution in [0, 0.1) is 0 Å². The lowest BCUT2D eigenvalue weighted by Gasteiger charge is -2.24. The predicted molar refractivity (Wildman–Crippen MR) is 72.9 cm³/mol. The first-order valence-electron chi connectivity index (χ1n) is 6.80. The first kappa shape index (κ1) is 11.7. The fourth-order valence-electron chi connectivity index (χ4n) is 2.79. The lowest BCUT2D eigenvalue weighted by molar-refractivity contribution is 0.0604. The largest absolute Gasteiger partial charge is 0.379 e. The summed E-state index contributed by atoms with van der Waals surface area (Å²) in [6.07, 6.45) is 6.50. The van der Waals surface area contributed by atoms with Crippen molar-refractivity contribution in [3.05, 3.63) is 30.1 Å². The summed E-state index contributed by atoms with van der Waals surface area (Å²) in [6.45, 7) is 6.20. The molecule has 3 nitrogen and oxygen atoms in total. The van der Waals surface area contributed by atoms with Crippen LogP contribution in [0.5, 0.6) is 0 Å². The normalized spacial score (nSPS) is 20.7. The molecule has 1 aliphatic rings. The van der Waals surface area contributed by atoms with Gasteiger partial charge >= 0.3 is 0 Å². The third-order valence-corrected chi connectivity index (χ3v) is 3.77. The van der Waals surface area contributed by atoms with E-state index in [2.05, 4.69) is 35.7 Å². The minimum atomic E-state index is 0.448. The van der Waals surface area contributed by atoms with E-state index >= 15 is 0 Å². The van der Waals surface area contributed by atoms with Crippen LogP contribution < -0.4 is 0 Å². The van der Waals surface area contributed by atoms with Crippen molar-refractivity contribution in [1.82, 2.24) is 9.55 Å². The van der Waals surface area contributed by atoms with Crippen LogP contribution in [0.1, 0.15) is 44.2 Å². The van der Waals surface area contributed by atoms with Crippen LogP contribution in [-0.2, 0) is 4.74 Å². The molecule has 2 aromatic heterocycles. The second kappa shape index (κ2) is 4.73. The number of nitrogens with zero attached hydrogens (tertiary/aromatic N) is 2. The number of fused-ring (bicyclic) bond motifs is 1. The zero-order valence-electron chi connectivity index (χ0n) is 11.1. The van der Waals surface area contributed by atoms with Gasteiger partial charge in [-0.2, -0.15) is 0 Å². The lowest BCUT2D eigenvalue weighted by Crippen LogP contribution is -2.20. The van der Waals surface area contributed by atoms with Crippen LogP contribution in [0.4, 0.5) is 0 Å². The molecule has 0 radical (unpaired) electrons. The zero-order chi connectivity index (χ0) is 12.5. The Morgan fingerprint density at radius 3 is 3.06 bits per heavy atom. The summed E-state index contributed by atoms with van der Waals surface area (Å²) < 4.78 is 7.93. The highest BCUT2D eigenvalue weighted by Crippen LogP contribution is 2.30. The van der Waals surface area contributed by atoms with Gasteiger partial charge in [0.1, 0.15) is 5.65 Å². The molecule has 1 saturated heterocycles. The van der Waals surface area contributed by atoms with E-state index in [0.29, 0.717) is 12.0 Å². The highest BCUT2D eigenvalue weighted by Gasteiger charge is 2.20. The molecule has 0 unspecified atom stereocenters. The smallest absolute Gasteiger partial charge is 0.140 e. The summed E-state index contributed by atoms with van der Waals surface area (Å²) in [6, 6.07) is 4.65. The number of hydrogen-bond acceptors (Lipinski definition) is 2. The molecule has 1 atom stereocenters. The number of rotatable bonds is 2. The van der Waals surface area contributed by atoms with Gasteiger partial charge in [-0.05, 0) is 36.5 Å². The van der Waals surface area contributed by atoms with Crippen molar-refractivity contribution >= 4 is 11.0 Å². The number of hydrogen-bond donors (Lipinski definition) is 0. The number of ether oxygens (including phenoxy) is 1. The third kappa shape index (κ3) is 1.93. The molecule has 0 aromatic carbocycles. The van der Waals surface area contributed by atoms with Crippen LogP contribution in [-0.4, -0.2) is 22.8 Å². The predicted octanol–water partition coefficient (Wildman–Crippen LogP) is 3.51. The molecule has 3 heteroatoms. The lowest BCUT2D eigenvalue weighted by atomic mass is 10.0. The maximum absolute atomic E-state index is 5.61. The van der Waals surface area contributed by atoms with Crippen molar-refractivity contribution in [2.75, 3.05) is 13.2 Å². The molecule has 0 N–H and O–H groups in total. The molecule has 18 heavy (non-hydrogen) atoms. The van der Waals surface area contributed by atoms with Crippen LogP contribution in [0.15, 0.2) is 24.5 Å². The van der Waals surface area contributed by atoms with Gasteiger partial charge in [0.2, 0.25) is 0 Å². The average Bonchev–Trinajstić information content (AvgIpc) is 2.79. The SMILES string of the molecule is CC(C)c1cn([C@H]2CCCOC2)c2ncccc12. The van der Waals surface area contributed by atoms with Crippen molar-refractivity contribution < 1.29 is 4.74 Å². The highest BCUT2D eigenvalue weighted by atomic mass is 16.5. The molecule has 1 fully saturated rings. The zero-order valence-corrected chi connectivity index (χ0v) is 11.1. The fraction of sp³-hybridized carbons (Fsp3) is 0.533. The summed E-state index contributed by atoms with van der Waals surface area (Å²) in [4.78, 5) is 4.57. The van der Waals surface area contributed by atoms with E-state index in [0.717, 1.165) is 25.3 Å². The fourth-order valence-corrected chi connectivity index (χ4v) is 2.79. The van der Waals surface area contributed by atoms with Gasteiger partial charge in [0, 0.05) is 24.4 Å². The van der Waals surface area contributed by atoms with Gasteiger partial charge in [-0.1, -0.05) is 13.8 Å². The standard InChI is InChI=1S/C15H20N2O/c1-11(2)14-9-17(12-5-4-8-18-10-12)15-13(14)6-3-7-16-15/h3,6-7,9,11-12H,4-5,8,10H2,1-2H3/t12-/m0/s1. The van der Waals surface area contributed by atoms with E-state index in [1.165, 1.54) is 17.4 Å². The molecule has 0 spiro atoms. The van der Waals surface area contributed by atoms with Crippen molar-refractivity contribution in [3.8, 4) is 0 Å². The monoisotopic (exact) mass is 244 g/mol. The van der Waals surface area contributed by atoms with Gasteiger partial charge < -0.3 is 9.30 Å². The highest BCUT2D eigenvalue weighted by molar-refractivity contribution is 5.81. The Hall–Kier alpha value is -1.35.